The van der Waals surface area contributed by atoms with Crippen LogP contribution in [0.15, 0.2) is 24.3 Å². The summed E-state index contributed by atoms with van der Waals surface area (Å²) in [6, 6.07) is 8.19. The lowest BCUT2D eigenvalue weighted by molar-refractivity contribution is -0.124. The van der Waals surface area contributed by atoms with Gasteiger partial charge in [-0.25, -0.2) is 0 Å². The highest BCUT2D eigenvalue weighted by molar-refractivity contribution is 5.77. The minimum atomic E-state index is -0.432. The molecule has 0 unspecified atom stereocenters. The summed E-state index contributed by atoms with van der Waals surface area (Å²) >= 11 is 0. The molecule has 0 saturated carbocycles. The molecule has 0 fully saturated rings. The Balaban J connectivity index is 2.14. The van der Waals surface area contributed by atoms with Gasteiger partial charge in [-0.05, 0) is 24.0 Å². The van der Waals surface area contributed by atoms with E-state index in [-0.39, 0.29) is 11.9 Å². The molecule has 0 saturated heterocycles. The number of hydrogen-bond acceptors (Lipinski definition) is 2. The average molecular weight is 191 g/mol. The zero-order chi connectivity index (χ0) is 9.97. The van der Waals surface area contributed by atoms with E-state index in [2.05, 4.69) is 11.4 Å². The van der Waals surface area contributed by atoms with Crippen LogP contribution in [0.1, 0.15) is 23.6 Å². The quantitative estimate of drug-likeness (QED) is 0.725. The number of fused-ring (bicyclic) bond motifs is 1. The maximum Gasteiger partial charge on any atom is 0.246 e. The van der Waals surface area contributed by atoms with Crippen molar-refractivity contribution in [2.24, 2.45) is 0 Å². The number of rotatable bonds is 2. The van der Waals surface area contributed by atoms with E-state index in [1.807, 2.05) is 18.2 Å². The van der Waals surface area contributed by atoms with E-state index in [1.54, 1.807) is 0 Å². The summed E-state index contributed by atoms with van der Waals surface area (Å²) in [5, 5.41) is 11.4. The lowest BCUT2D eigenvalue weighted by Crippen LogP contribution is -2.29. The van der Waals surface area contributed by atoms with Gasteiger partial charge in [0.25, 0.3) is 0 Å². The van der Waals surface area contributed by atoms with E-state index >= 15 is 0 Å². The molecular weight excluding hydrogens is 178 g/mol. The Morgan fingerprint density at radius 3 is 3.07 bits per heavy atom. The second-order valence-corrected chi connectivity index (χ2v) is 3.52. The molecular formula is C11H13NO2. The van der Waals surface area contributed by atoms with Crippen molar-refractivity contribution in [1.29, 1.82) is 0 Å². The smallest absolute Gasteiger partial charge is 0.246 e. The summed E-state index contributed by atoms with van der Waals surface area (Å²) < 4.78 is 0. The molecule has 2 rings (SSSR count). The molecule has 0 aromatic heterocycles. The third-order valence-corrected chi connectivity index (χ3v) is 2.61. The van der Waals surface area contributed by atoms with Crippen LogP contribution >= 0.6 is 0 Å². The Bertz CT molecular complexity index is 349. The molecule has 0 bridgehead atoms. The fourth-order valence-electron chi connectivity index (χ4n) is 1.95. The van der Waals surface area contributed by atoms with Crippen LogP contribution < -0.4 is 5.32 Å². The van der Waals surface area contributed by atoms with Gasteiger partial charge < -0.3 is 10.4 Å². The first-order valence-corrected chi connectivity index (χ1v) is 4.79. The van der Waals surface area contributed by atoms with Crippen molar-refractivity contribution in [3.63, 3.8) is 0 Å². The van der Waals surface area contributed by atoms with Crippen molar-refractivity contribution in [1.82, 2.24) is 5.32 Å². The van der Waals surface area contributed by atoms with Gasteiger partial charge in [0.2, 0.25) is 5.91 Å². The van der Waals surface area contributed by atoms with E-state index in [9.17, 15) is 4.79 Å². The molecule has 0 spiro atoms. The number of aryl methyl sites for hydroxylation is 1. The minimum absolute atomic E-state index is 0.0887. The maximum absolute atomic E-state index is 11.0. The number of benzene rings is 1. The lowest BCUT2D eigenvalue weighted by atomic mass is 10.1. The Morgan fingerprint density at radius 1 is 1.50 bits per heavy atom. The number of carbonyl (C=O) groups is 1. The Morgan fingerprint density at radius 2 is 2.29 bits per heavy atom. The summed E-state index contributed by atoms with van der Waals surface area (Å²) in [5.41, 5.74) is 2.49. The van der Waals surface area contributed by atoms with Gasteiger partial charge in [0.1, 0.15) is 6.61 Å². The summed E-state index contributed by atoms with van der Waals surface area (Å²) in [5.74, 6) is -0.299. The first-order chi connectivity index (χ1) is 6.81. The van der Waals surface area contributed by atoms with Gasteiger partial charge in [0, 0.05) is 0 Å². The van der Waals surface area contributed by atoms with Gasteiger partial charge in [-0.2, -0.15) is 0 Å². The van der Waals surface area contributed by atoms with Crippen molar-refractivity contribution >= 4 is 5.91 Å². The predicted molar refractivity (Wildman–Crippen MR) is 52.7 cm³/mol. The summed E-state index contributed by atoms with van der Waals surface area (Å²) in [6.07, 6.45) is 1.94. The highest BCUT2D eigenvalue weighted by Crippen LogP contribution is 2.30. The average Bonchev–Trinajstić information content (AvgIpc) is 2.62. The molecule has 3 nitrogen and oxygen atoms in total. The van der Waals surface area contributed by atoms with Crippen LogP contribution in [0.3, 0.4) is 0 Å². The van der Waals surface area contributed by atoms with Crippen molar-refractivity contribution in [2.75, 3.05) is 6.61 Å². The zero-order valence-corrected chi connectivity index (χ0v) is 7.86. The topological polar surface area (TPSA) is 49.3 Å². The van der Waals surface area contributed by atoms with Crippen molar-refractivity contribution < 1.29 is 9.90 Å². The Labute approximate surface area is 82.8 Å². The number of amides is 1. The van der Waals surface area contributed by atoms with E-state index in [4.69, 9.17) is 5.11 Å². The fraction of sp³-hybridized carbons (Fsp3) is 0.364. The highest BCUT2D eigenvalue weighted by atomic mass is 16.3. The second-order valence-electron chi connectivity index (χ2n) is 3.52. The standard InChI is InChI=1S/C11H13NO2/c13-7-11(14)12-10-6-5-8-3-1-2-4-9(8)10/h1-4,10,13H,5-7H2,(H,12,14)/t10-/m0/s1. The minimum Gasteiger partial charge on any atom is -0.387 e. The zero-order valence-electron chi connectivity index (χ0n) is 7.86. The monoisotopic (exact) mass is 191 g/mol. The largest absolute Gasteiger partial charge is 0.387 e. The van der Waals surface area contributed by atoms with Gasteiger partial charge in [0.15, 0.2) is 0 Å². The molecule has 0 aliphatic heterocycles. The molecule has 14 heavy (non-hydrogen) atoms. The van der Waals surface area contributed by atoms with Gasteiger partial charge >= 0.3 is 0 Å². The molecule has 2 N–H and O–H groups in total. The highest BCUT2D eigenvalue weighted by Gasteiger charge is 2.22. The molecule has 1 amide bonds. The molecule has 1 aliphatic carbocycles. The normalized spacial score (nSPS) is 19.1. The second kappa shape index (κ2) is 3.80. The number of nitrogens with one attached hydrogen (secondary N) is 1. The molecule has 1 atom stereocenters. The fourth-order valence-corrected chi connectivity index (χ4v) is 1.95. The molecule has 1 aromatic carbocycles. The number of carbonyl (C=O) groups excluding carboxylic acids is 1. The summed E-state index contributed by atoms with van der Waals surface area (Å²) in [6.45, 7) is -0.432. The van der Waals surface area contributed by atoms with Crippen LogP contribution in [-0.2, 0) is 11.2 Å². The summed E-state index contributed by atoms with van der Waals surface area (Å²) in [4.78, 5) is 11.0. The van der Waals surface area contributed by atoms with Crippen molar-refractivity contribution in [3.05, 3.63) is 35.4 Å². The van der Waals surface area contributed by atoms with Gasteiger partial charge in [0.05, 0.1) is 6.04 Å². The molecule has 74 valence electrons. The van der Waals surface area contributed by atoms with E-state index in [0.717, 1.165) is 12.8 Å². The first-order valence-electron chi connectivity index (χ1n) is 4.79. The Hall–Kier alpha value is -1.35. The van der Waals surface area contributed by atoms with E-state index in [0.29, 0.717) is 0 Å². The van der Waals surface area contributed by atoms with Crippen molar-refractivity contribution in [2.45, 2.75) is 18.9 Å². The molecule has 0 radical (unpaired) electrons. The third kappa shape index (κ3) is 1.63. The van der Waals surface area contributed by atoms with Crippen LogP contribution in [0.4, 0.5) is 0 Å². The van der Waals surface area contributed by atoms with Gasteiger partial charge in [-0.15, -0.1) is 0 Å². The number of aliphatic hydroxyl groups is 1. The van der Waals surface area contributed by atoms with Crippen LogP contribution in [0.2, 0.25) is 0 Å². The summed E-state index contributed by atoms with van der Waals surface area (Å²) in [7, 11) is 0. The first kappa shape index (κ1) is 9.21. The van der Waals surface area contributed by atoms with Crippen LogP contribution in [0.5, 0.6) is 0 Å². The lowest BCUT2D eigenvalue weighted by Gasteiger charge is -2.12. The number of aliphatic hydroxyl groups excluding tert-OH is 1. The molecule has 1 aliphatic rings. The van der Waals surface area contributed by atoms with Gasteiger partial charge in [-0.3, -0.25) is 4.79 Å². The van der Waals surface area contributed by atoms with Crippen LogP contribution in [-0.4, -0.2) is 17.6 Å². The molecule has 3 heteroatoms. The molecule has 0 heterocycles. The number of hydrogen-bond donors (Lipinski definition) is 2. The van der Waals surface area contributed by atoms with Gasteiger partial charge in [-0.1, -0.05) is 24.3 Å². The molecule has 1 aromatic rings. The predicted octanol–water partition coefficient (Wildman–Crippen LogP) is 0.782. The van der Waals surface area contributed by atoms with Crippen LogP contribution in [0, 0.1) is 0 Å². The Kier molecular flexibility index (Phi) is 2.50. The van der Waals surface area contributed by atoms with E-state index in [1.165, 1.54) is 11.1 Å². The maximum atomic E-state index is 11.0. The third-order valence-electron chi connectivity index (χ3n) is 2.61. The van der Waals surface area contributed by atoms with Crippen LogP contribution in [0.25, 0.3) is 0 Å². The SMILES string of the molecule is O=C(CO)N[C@H]1CCc2ccccc21. The van der Waals surface area contributed by atoms with E-state index < -0.39 is 6.61 Å². The van der Waals surface area contributed by atoms with Crippen molar-refractivity contribution in [3.8, 4) is 0 Å².